The highest BCUT2D eigenvalue weighted by atomic mass is 19.4. The van der Waals surface area contributed by atoms with Crippen molar-refractivity contribution in [2.75, 3.05) is 31.1 Å². The topological polar surface area (TPSA) is 101 Å². The second-order valence-corrected chi connectivity index (χ2v) is 12.4. The summed E-state index contributed by atoms with van der Waals surface area (Å²) < 4.78 is 41.5. The Morgan fingerprint density at radius 2 is 1.81 bits per heavy atom. The number of halogens is 3. The highest BCUT2D eigenvalue weighted by Gasteiger charge is 2.42. The molecule has 3 heterocycles. The maximum atomic E-state index is 13.2. The van der Waals surface area contributed by atoms with Crippen LogP contribution >= 0.6 is 0 Å². The van der Waals surface area contributed by atoms with E-state index in [0.717, 1.165) is 49.1 Å². The summed E-state index contributed by atoms with van der Waals surface area (Å²) in [7, 11) is 19.9. The van der Waals surface area contributed by atoms with Gasteiger partial charge in [0.15, 0.2) is 0 Å². The highest BCUT2D eigenvalue weighted by Crippen LogP contribution is 2.41. The zero-order valence-electron chi connectivity index (χ0n) is 24.6. The molecule has 1 aliphatic heterocycles. The van der Waals surface area contributed by atoms with Gasteiger partial charge in [0, 0.05) is 37.8 Å². The molecule has 3 aliphatic rings. The number of likely N-dealkylation sites (tertiary alicyclic amines) is 1. The first-order valence-electron chi connectivity index (χ1n) is 15.2. The molecule has 3 N–H and O–H groups in total. The van der Waals surface area contributed by atoms with Crippen LogP contribution < -0.4 is 10.6 Å². The lowest BCUT2D eigenvalue weighted by atomic mass is 8.81. The van der Waals surface area contributed by atoms with Crippen molar-refractivity contribution in [1.82, 2.24) is 19.4 Å². The summed E-state index contributed by atoms with van der Waals surface area (Å²) in [5.74, 6) is -0.436. The number of piperidine rings is 1. The number of β-amino-alcohol motifs (C(OH)–C–C–N with tert-alkyl or cyclic N) is 1. The van der Waals surface area contributed by atoms with Crippen LogP contribution in [0, 0.1) is 17.8 Å². The Kier molecular flexibility index (Phi) is 11.7. The van der Waals surface area contributed by atoms with Crippen molar-refractivity contribution >= 4 is 66.5 Å². The summed E-state index contributed by atoms with van der Waals surface area (Å²) in [6, 6.07) is 2.38. The lowest BCUT2D eigenvalue weighted by Crippen LogP contribution is -2.47. The fourth-order valence-corrected chi connectivity index (χ4v) is 6.30. The third kappa shape index (κ3) is 9.02. The first-order valence-corrected chi connectivity index (χ1v) is 15.2. The van der Waals surface area contributed by atoms with Crippen LogP contribution in [0.15, 0.2) is 18.6 Å². The second-order valence-electron chi connectivity index (χ2n) is 12.4. The molecular weight excluding hydrogens is 550 g/mol. The molecule has 2 saturated carbocycles. The smallest absolute Gasteiger partial charge is 0.391 e. The van der Waals surface area contributed by atoms with Crippen molar-refractivity contribution in [3.05, 3.63) is 18.6 Å². The van der Waals surface area contributed by atoms with E-state index in [9.17, 15) is 23.1 Å². The maximum absolute atomic E-state index is 13.2. The molecule has 2 atom stereocenters. The first-order chi connectivity index (χ1) is 20.3. The number of rotatable bonds is 9. The number of fused-ring (bicyclic) bond motifs is 1. The zero-order valence-corrected chi connectivity index (χ0v) is 24.6. The Hall–Kier alpha value is -2.01. The Labute approximate surface area is 258 Å². The number of nitrogens with two attached hydrogens (primary N) is 1. The van der Waals surface area contributed by atoms with Gasteiger partial charge in [-0.15, -0.1) is 0 Å². The lowest BCUT2D eigenvalue weighted by Gasteiger charge is -2.42. The number of hydrogen-bond donors (Lipinski definition) is 2. The van der Waals surface area contributed by atoms with E-state index in [1.54, 1.807) is 6.33 Å². The van der Waals surface area contributed by atoms with Crippen molar-refractivity contribution in [3.63, 3.8) is 0 Å². The number of aliphatic hydroxyl groups is 1. The Bertz CT molecular complexity index is 1190. The number of aliphatic hydroxyl groups excluding tert-OH is 1. The predicted octanol–water partition coefficient (Wildman–Crippen LogP) is 1.04. The van der Waals surface area contributed by atoms with Gasteiger partial charge in [0.25, 0.3) is 0 Å². The summed E-state index contributed by atoms with van der Waals surface area (Å²) in [5, 5.41) is 11.7. The number of amides is 1. The molecule has 2 aliphatic carbocycles. The van der Waals surface area contributed by atoms with Gasteiger partial charge in [0.05, 0.1) is 24.0 Å². The van der Waals surface area contributed by atoms with E-state index in [2.05, 4.69) is 19.4 Å². The molecule has 0 bridgehead atoms. The summed E-state index contributed by atoms with van der Waals surface area (Å²) in [4.78, 5) is 24.7. The second kappa shape index (κ2) is 14.8. The minimum Gasteiger partial charge on any atom is -0.729 e. The molecule has 2 aromatic rings. The molecule has 0 aromatic carbocycles. The molecule has 3 fully saturated rings. The van der Waals surface area contributed by atoms with Gasteiger partial charge < -0.3 is 42.2 Å². The van der Waals surface area contributed by atoms with Gasteiger partial charge in [0.1, 0.15) is 17.8 Å². The van der Waals surface area contributed by atoms with Crippen molar-refractivity contribution in [3.8, 4) is 0 Å². The molecule has 43 heavy (non-hydrogen) atoms. The van der Waals surface area contributed by atoms with Crippen LogP contribution in [0.4, 0.5) is 19.0 Å². The van der Waals surface area contributed by atoms with Crippen molar-refractivity contribution in [1.29, 1.82) is 0 Å². The fraction of sp³-hybridized carbons (Fsp3) is 0.731. The number of aromatic nitrogens is 3. The SMILES string of the molecule is NC(=O)CN1CC[C@@H](Cn2ccc3c(N(CC4CCC(C(F)(F)F)CC4)C4CCC4)ncnc32)[C@H](O)C1.[B]B([B])B([B-])[B-]. The average Bonchev–Trinajstić information content (AvgIpc) is 3.31. The molecule has 0 spiro atoms. The fourth-order valence-electron chi connectivity index (χ4n) is 6.30. The van der Waals surface area contributed by atoms with Gasteiger partial charge in [-0.25, -0.2) is 9.97 Å². The number of primary amides is 1. The van der Waals surface area contributed by atoms with Gasteiger partial charge >= 0.3 is 6.18 Å². The number of nitrogens with zero attached hydrogens (tertiary/aromatic N) is 5. The summed E-state index contributed by atoms with van der Waals surface area (Å²) in [6.07, 6.45) is 3.37. The van der Waals surface area contributed by atoms with Crippen molar-refractivity contribution < 1.29 is 23.1 Å². The van der Waals surface area contributed by atoms with E-state index < -0.39 is 36.9 Å². The summed E-state index contributed by atoms with van der Waals surface area (Å²) >= 11 is 0. The van der Waals surface area contributed by atoms with E-state index in [-0.39, 0.29) is 31.2 Å². The van der Waals surface area contributed by atoms with Crippen LogP contribution in [0.5, 0.6) is 0 Å². The molecule has 17 heteroatoms. The van der Waals surface area contributed by atoms with E-state index in [1.165, 1.54) is 0 Å². The van der Waals surface area contributed by atoms with E-state index in [0.29, 0.717) is 38.5 Å². The quantitative estimate of drug-likeness (QED) is 0.426. The van der Waals surface area contributed by atoms with Gasteiger partial charge in [-0.2, -0.15) is 13.2 Å². The average molecular weight is 587 g/mol. The molecule has 1 amide bonds. The van der Waals surface area contributed by atoms with Crippen LogP contribution in [0.3, 0.4) is 0 Å². The molecule has 5 rings (SSSR count). The van der Waals surface area contributed by atoms with Crippen LogP contribution in [0.1, 0.15) is 51.4 Å². The molecule has 1 saturated heterocycles. The maximum Gasteiger partial charge on any atom is 0.391 e. The van der Waals surface area contributed by atoms with E-state index >= 15 is 0 Å². The Morgan fingerprint density at radius 3 is 2.35 bits per heavy atom. The number of carbonyl (C=O) groups is 1. The summed E-state index contributed by atoms with van der Waals surface area (Å²) in [5.41, 5.74) is 6.11. The standard InChI is InChI=1S/C26H37F3N6O2.B6/c27-26(28,29)19-6-4-17(5-7-19)12-35(20-2-1-3-20)25-21-9-11-34(24(21)31-16-32-25)13-18-8-10-33(14-22(18)36)15-23(30)37;1-5(2)6(3)4/h9,11,16-20,22,36H,1-8,10,12-15H2,(H2,30,37);/q;-2/t17?,18-,19?,22+;/m0./s1. The first kappa shape index (κ1) is 33.9. The lowest BCUT2D eigenvalue weighted by molar-refractivity contribution is -0.183. The molecule has 10 radical (unpaired) electrons. The van der Waals surface area contributed by atoms with Gasteiger partial charge in [-0.3, -0.25) is 9.69 Å². The van der Waals surface area contributed by atoms with E-state index in [4.69, 9.17) is 36.7 Å². The monoisotopic (exact) mass is 588 g/mol. The minimum absolute atomic E-state index is 0.0321. The van der Waals surface area contributed by atoms with Crippen LogP contribution in [-0.4, -0.2) is 119 Å². The third-order valence-corrected chi connectivity index (χ3v) is 9.15. The van der Waals surface area contributed by atoms with Gasteiger partial charge in [0.2, 0.25) is 5.91 Å². The van der Waals surface area contributed by atoms with Gasteiger partial charge in [-0.1, -0.05) is 6.39 Å². The number of hydrogen-bond acceptors (Lipinski definition) is 6. The molecular formula is C26H37B6F3N6O2-2. The van der Waals surface area contributed by atoms with E-state index in [1.807, 2.05) is 17.2 Å². The zero-order chi connectivity index (χ0) is 31.3. The van der Waals surface area contributed by atoms with Crippen LogP contribution in [0.25, 0.3) is 11.0 Å². The third-order valence-electron chi connectivity index (χ3n) is 9.15. The molecule has 224 valence electrons. The van der Waals surface area contributed by atoms with Gasteiger partial charge in [-0.05, 0) is 85.4 Å². The number of anilines is 1. The predicted molar refractivity (Wildman–Crippen MR) is 168 cm³/mol. The number of carbonyl (C=O) groups excluding carboxylic acids is 1. The Morgan fingerprint density at radius 1 is 1.14 bits per heavy atom. The normalized spacial score (nSPS) is 25.0. The molecule has 2 aromatic heterocycles. The largest absolute Gasteiger partial charge is 0.729 e. The number of alkyl halides is 3. The van der Waals surface area contributed by atoms with Crippen molar-refractivity contribution in [2.45, 2.75) is 76.2 Å². The highest BCUT2D eigenvalue weighted by molar-refractivity contribution is 7.76. The van der Waals surface area contributed by atoms with Crippen molar-refractivity contribution in [2.24, 2.45) is 23.5 Å². The molecule has 8 nitrogen and oxygen atoms in total. The van der Waals surface area contributed by atoms with Crippen LogP contribution in [0.2, 0.25) is 0 Å². The molecule has 0 unspecified atom stereocenters. The van der Waals surface area contributed by atoms with Crippen LogP contribution in [-0.2, 0) is 11.3 Å². The Balaban J connectivity index is 0.000000641. The summed E-state index contributed by atoms with van der Waals surface area (Å²) in [6.45, 7) is 2.61. The minimum atomic E-state index is -4.09.